The molecule has 0 spiro atoms. The number of nitrogens with zero attached hydrogens (tertiary/aromatic N) is 1. The summed E-state index contributed by atoms with van der Waals surface area (Å²) in [4.78, 5) is 38.3. The molecular weight excluding hydrogens is 314 g/mol. The van der Waals surface area contributed by atoms with Crippen LogP contribution < -0.4 is 0 Å². The molecule has 0 aromatic rings. The molecule has 1 aliphatic heterocycles. The summed E-state index contributed by atoms with van der Waals surface area (Å²) in [6.45, 7) is 5.70. The average molecular weight is 337 g/mol. The number of hydrogen-bond donors (Lipinski definition) is 1. The molecule has 24 heavy (non-hydrogen) atoms. The van der Waals surface area contributed by atoms with Gasteiger partial charge in [-0.1, -0.05) is 0 Å². The monoisotopic (exact) mass is 337 g/mol. The molecule has 132 valence electrons. The molecule has 2 rings (SSSR count). The van der Waals surface area contributed by atoms with Gasteiger partial charge in [-0.3, -0.25) is 9.59 Å². The highest BCUT2D eigenvalue weighted by molar-refractivity contribution is 6.07. The number of carbonyl (C=O) groups is 3. The number of methoxy groups -OCH3 is 1. The molecule has 0 radical (unpaired) electrons. The third-order valence-electron chi connectivity index (χ3n) is 4.22. The fourth-order valence-electron chi connectivity index (χ4n) is 3.10. The van der Waals surface area contributed by atoms with Crippen molar-refractivity contribution in [3.05, 3.63) is 23.5 Å². The fraction of sp³-hybridized carbons (Fsp3) is 0.588. The van der Waals surface area contributed by atoms with Crippen LogP contribution in [-0.2, 0) is 19.1 Å². The van der Waals surface area contributed by atoms with Crippen molar-refractivity contribution >= 4 is 17.8 Å². The van der Waals surface area contributed by atoms with Crippen molar-refractivity contribution in [2.45, 2.75) is 39.2 Å². The number of ether oxygens (including phenoxy) is 2. The van der Waals surface area contributed by atoms with Crippen molar-refractivity contribution in [1.29, 1.82) is 0 Å². The number of amides is 1. The molecule has 7 nitrogen and oxygen atoms in total. The number of aliphatic hydroxyl groups is 1. The topological polar surface area (TPSA) is 93.1 Å². The van der Waals surface area contributed by atoms with Gasteiger partial charge in [0.05, 0.1) is 13.4 Å². The minimum absolute atomic E-state index is 0.000137. The Labute approximate surface area is 140 Å². The number of esters is 1. The van der Waals surface area contributed by atoms with Gasteiger partial charge >= 0.3 is 12.1 Å². The number of piperidine rings is 1. The van der Waals surface area contributed by atoms with E-state index in [9.17, 15) is 19.5 Å². The van der Waals surface area contributed by atoms with E-state index in [0.29, 0.717) is 24.8 Å². The van der Waals surface area contributed by atoms with E-state index >= 15 is 0 Å². The second kappa shape index (κ2) is 6.30. The number of allylic oxidation sites excluding steroid dienone is 2. The second-order valence-electron chi connectivity index (χ2n) is 7.09. The Morgan fingerprint density at radius 1 is 1.38 bits per heavy atom. The Balaban J connectivity index is 2.36. The Kier molecular flexibility index (Phi) is 4.73. The third kappa shape index (κ3) is 3.29. The Hall–Kier alpha value is -2.31. The maximum Gasteiger partial charge on any atom is 0.410 e. The molecule has 1 heterocycles. The van der Waals surface area contributed by atoms with Crippen LogP contribution in [-0.4, -0.2) is 53.7 Å². The molecule has 2 aliphatic rings. The number of fused-ring (bicyclic) bond motifs is 1. The third-order valence-corrected chi connectivity index (χ3v) is 4.22. The highest BCUT2D eigenvalue weighted by Crippen LogP contribution is 2.45. The van der Waals surface area contributed by atoms with E-state index < -0.39 is 23.1 Å². The lowest BCUT2D eigenvalue weighted by molar-refractivity contribution is -0.152. The van der Waals surface area contributed by atoms with E-state index in [1.807, 2.05) is 0 Å². The first-order chi connectivity index (χ1) is 11.1. The zero-order valence-electron chi connectivity index (χ0n) is 14.4. The average Bonchev–Trinajstić information content (AvgIpc) is 2.51. The minimum atomic E-state index is -1.16. The molecule has 0 aromatic heterocycles. The molecule has 1 aliphatic carbocycles. The van der Waals surface area contributed by atoms with Gasteiger partial charge in [-0.15, -0.1) is 0 Å². The summed E-state index contributed by atoms with van der Waals surface area (Å²) in [5, 5.41) is 9.28. The predicted octanol–water partition coefficient (Wildman–Crippen LogP) is 2.13. The Morgan fingerprint density at radius 3 is 2.58 bits per heavy atom. The van der Waals surface area contributed by atoms with Gasteiger partial charge in [-0.05, 0) is 38.8 Å². The summed E-state index contributed by atoms with van der Waals surface area (Å²) in [5.41, 5.74) is -1.06. The van der Waals surface area contributed by atoms with Crippen LogP contribution in [0.15, 0.2) is 23.5 Å². The number of aliphatic hydroxyl groups excluding tert-OH is 1. The van der Waals surface area contributed by atoms with Crippen LogP contribution in [0.25, 0.3) is 0 Å². The molecule has 0 bridgehead atoms. The van der Waals surface area contributed by atoms with E-state index in [0.717, 1.165) is 0 Å². The van der Waals surface area contributed by atoms with Crippen molar-refractivity contribution in [3.63, 3.8) is 0 Å². The van der Waals surface area contributed by atoms with Crippen LogP contribution in [0.1, 0.15) is 33.6 Å². The van der Waals surface area contributed by atoms with Crippen LogP contribution in [0, 0.1) is 5.41 Å². The first kappa shape index (κ1) is 18.0. The molecule has 0 saturated carbocycles. The largest absolute Gasteiger partial charge is 0.515 e. The molecule has 0 aromatic carbocycles. The van der Waals surface area contributed by atoms with Gasteiger partial charge in [0.1, 0.15) is 11.0 Å². The minimum Gasteiger partial charge on any atom is -0.515 e. The maximum absolute atomic E-state index is 12.5. The molecular formula is C17H23NO6. The number of likely N-dealkylation sites (tertiary alicyclic amines) is 1. The molecule has 7 heteroatoms. The molecule has 0 unspecified atom stereocenters. The van der Waals surface area contributed by atoms with Crippen molar-refractivity contribution in [1.82, 2.24) is 4.90 Å². The first-order valence-corrected chi connectivity index (χ1v) is 7.78. The normalized spacial score (nSPS) is 25.8. The highest BCUT2D eigenvalue weighted by Gasteiger charge is 2.51. The van der Waals surface area contributed by atoms with Crippen LogP contribution in [0.3, 0.4) is 0 Å². The van der Waals surface area contributed by atoms with Crippen molar-refractivity contribution in [2.24, 2.45) is 5.41 Å². The fourth-order valence-corrected chi connectivity index (χ4v) is 3.10. The standard InChI is InChI=1S/C17H23NO6/c1-16(2,3)24-15(22)18-6-5-12-7-13(20)11(9-19)8-17(12,10-18)14(21)23-4/h7,9,19H,5-6,8,10H2,1-4H3/t17-/m0/s1. The van der Waals surface area contributed by atoms with Gasteiger partial charge in [0.2, 0.25) is 0 Å². The van der Waals surface area contributed by atoms with Crippen LogP contribution in [0.2, 0.25) is 0 Å². The van der Waals surface area contributed by atoms with E-state index in [-0.39, 0.29) is 24.3 Å². The smallest absolute Gasteiger partial charge is 0.410 e. The lowest BCUT2D eigenvalue weighted by atomic mass is 9.67. The van der Waals surface area contributed by atoms with Crippen molar-refractivity contribution in [3.8, 4) is 0 Å². The zero-order chi connectivity index (χ0) is 18.1. The number of ketones is 1. The molecule has 1 fully saturated rings. The zero-order valence-corrected chi connectivity index (χ0v) is 14.4. The first-order valence-electron chi connectivity index (χ1n) is 7.78. The summed E-state index contributed by atoms with van der Waals surface area (Å²) in [5.74, 6) is -0.855. The summed E-state index contributed by atoms with van der Waals surface area (Å²) in [7, 11) is 1.26. The second-order valence-corrected chi connectivity index (χ2v) is 7.09. The molecule has 1 amide bonds. The van der Waals surface area contributed by atoms with E-state index in [1.165, 1.54) is 18.1 Å². The molecule has 1 saturated heterocycles. The van der Waals surface area contributed by atoms with Crippen molar-refractivity contribution in [2.75, 3.05) is 20.2 Å². The number of hydrogen-bond acceptors (Lipinski definition) is 6. The van der Waals surface area contributed by atoms with Gasteiger partial charge in [0, 0.05) is 25.1 Å². The van der Waals surface area contributed by atoms with Gasteiger partial charge in [0.15, 0.2) is 5.78 Å². The van der Waals surface area contributed by atoms with Gasteiger partial charge in [-0.25, -0.2) is 4.79 Å². The van der Waals surface area contributed by atoms with Gasteiger partial charge in [0.25, 0.3) is 0 Å². The van der Waals surface area contributed by atoms with E-state index in [1.54, 1.807) is 20.8 Å². The number of carbonyl (C=O) groups excluding carboxylic acids is 3. The molecule has 1 atom stereocenters. The summed E-state index contributed by atoms with van der Waals surface area (Å²) < 4.78 is 10.3. The van der Waals surface area contributed by atoms with Crippen LogP contribution in [0.4, 0.5) is 4.79 Å². The van der Waals surface area contributed by atoms with Crippen LogP contribution in [0.5, 0.6) is 0 Å². The quantitative estimate of drug-likeness (QED) is 0.447. The van der Waals surface area contributed by atoms with Gasteiger partial charge < -0.3 is 19.5 Å². The summed E-state index contributed by atoms with van der Waals surface area (Å²) in [6, 6.07) is 0. The summed E-state index contributed by atoms with van der Waals surface area (Å²) in [6.07, 6.45) is 1.94. The predicted molar refractivity (Wildman–Crippen MR) is 85.3 cm³/mol. The number of rotatable bonds is 1. The Bertz CT molecular complexity index is 627. The lowest BCUT2D eigenvalue weighted by Gasteiger charge is -2.44. The molecule has 1 N–H and O–H groups in total. The highest BCUT2D eigenvalue weighted by atomic mass is 16.6. The van der Waals surface area contributed by atoms with Crippen molar-refractivity contribution < 1.29 is 29.0 Å². The SMILES string of the molecule is COC(=O)[C@]12CC(=CO)C(=O)C=C1CCN(C(=O)OC(C)(C)C)C2. The Morgan fingerprint density at radius 2 is 2.04 bits per heavy atom. The van der Waals surface area contributed by atoms with Crippen LogP contribution >= 0.6 is 0 Å². The van der Waals surface area contributed by atoms with Gasteiger partial charge in [-0.2, -0.15) is 0 Å². The lowest BCUT2D eigenvalue weighted by Crippen LogP contribution is -2.54. The van der Waals surface area contributed by atoms with E-state index in [4.69, 9.17) is 9.47 Å². The summed E-state index contributed by atoms with van der Waals surface area (Å²) >= 11 is 0. The maximum atomic E-state index is 12.5. The van der Waals surface area contributed by atoms with E-state index in [2.05, 4.69) is 0 Å².